The van der Waals surface area contributed by atoms with Crippen molar-refractivity contribution in [3.05, 3.63) is 53.4 Å². The fraction of sp³-hybridized carbons (Fsp3) is 0. The monoisotopic (exact) mass is 281 g/mol. The zero-order chi connectivity index (χ0) is 13.9. The van der Waals surface area contributed by atoms with Crippen molar-refractivity contribution in [1.29, 1.82) is 5.26 Å². The first-order valence-corrected chi connectivity index (χ1v) is 6.19. The van der Waals surface area contributed by atoms with Crippen LogP contribution >= 0.6 is 11.6 Å². The predicted molar refractivity (Wildman–Crippen MR) is 74.8 cm³/mol. The number of pyridine rings is 1. The lowest BCUT2D eigenvalue weighted by Gasteiger charge is -2.03. The Morgan fingerprint density at radius 1 is 1.05 bits per heavy atom. The van der Waals surface area contributed by atoms with Crippen molar-refractivity contribution in [2.75, 3.05) is 0 Å². The third-order valence-corrected chi connectivity index (χ3v) is 3.09. The normalized spacial score (nSPS) is 10.2. The molecule has 3 aromatic rings. The number of aromatic amines is 1. The number of rotatable bonds is 2. The Morgan fingerprint density at radius 2 is 1.80 bits per heavy atom. The van der Waals surface area contributed by atoms with Crippen LogP contribution in [0.1, 0.15) is 5.69 Å². The van der Waals surface area contributed by atoms with Crippen LogP contribution in [-0.2, 0) is 0 Å². The zero-order valence-corrected chi connectivity index (χ0v) is 11.0. The number of nitrogens with zero attached hydrogens (tertiary/aromatic N) is 4. The van der Waals surface area contributed by atoms with Gasteiger partial charge in [0.2, 0.25) is 0 Å². The Kier molecular flexibility index (Phi) is 3.15. The molecule has 0 atom stereocenters. The van der Waals surface area contributed by atoms with Gasteiger partial charge < -0.3 is 0 Å². The SMILES string of the molecule is N#Cc1[nH]nnc1-c1ccc(-c2ccnc(Cl)c2)cc1. The van der Waals surface area contributed by atoms with Crippen LogP contribution in [0.2, 0.25) is 5.15 Å². The van der Waals surface area contributed by atoms with E-state index in [2.05, 4.69) is 20.4 Å². The Hall–Kier alpha value is -2.71. The molecule has 0 saturated heterocycles. The van der Waals surface area contributed by atoms with Gasteiger partial charge in [0, 0.05) is 11.8 Å². The molecule has 96 valence electrons. The number of nitriles is 1. The molecule has 3 rings (SSSR count). The third kappa shape index (κ3) is 2.25. The van der Waals surface area contributed by atoms with Crippen LogP contribution in [0.25, 0.3) is 22.4 Å². The molecule has 5 nitrogen and oxygen atoms in total. The average Bonchev–Trinajstić information content (AvgIpc) is 2.96. The smallest absolute Gasteiger partial charge is 0.163 e. The first-order valence-electron chi connectivity index (χ1n) is 5.81. The lowest BCUT2D eigenvalue weighted by molar-refractivity contribution is 0.937. The molecule has 0 bridgehead atoms. The van der Waals surface area contributed by atoms with Crippen LogP contribution in [0.15, 0.2) is 42.6 Å². The fourth-order valence-corrected chi connectivity index (χ4v) is 2.08. The molecule has 6 heteroatoms. The molecule has 0 fully saturated rings. The van der Waals surface area contributed by atoms with Gasteiger partial charge in [-0.15, -0.1) is 5.10 Å². The molecule has 0 spiro atoms. The highest BCUT2D eigenvalue weighted by atomic mass is 35.5. The second-order valence-corrected chi connectivity index (χ2v) is 4.48. The Balaban J connectivity index is 1.98. The Bertz CT molecular complexity index is 786. The summed E-state index contributed by atoms with van der Waals surface area (Å²) in [6.07, 6.45) is 1.66. The molecule has 2 heterocycles. The lowest BCUT2D eigenvalue weighted by atomic mass is 10.0. The molecular formula is C14H8ClN5. The first kappa shape index (κ1) is 12.3. The van der Waals surface area contributed by atoms with Crippen molar-refractivity contribution < 1.29 is 0 Å². The number of benzene rings is 1. The molecule has 0 amide bonds. The summed E-state index contributed by atoms with van der Waals surface area (Å²) in [5, 5.41) is 19.5. The van der Waals surface area contributed by atoms with E-state index >= 15 is 0 Å². The van der Waals surface area contributed by atoms with Crippen LogP contribution in [-0.4, -0.2) is 20.4 Å². The van der Waals surface area contributed by atoms with Gasteiger partial charge in [-0.3, -0.25) is 0 Å². The van der Waals surface area contributed by atoms with Crippen LogP contribution in [0, 0.1) is 11.3 Å². The molecule has 0 unspecified atom stereocenters. The maximum atomic E-state index is 8.95. The maximum absolute atomic E-state index is 8.95. The minimum Gasteiger partial charge on any atom is -0.247 e. The zero-order valence-electron chi connectivity index (χ0n) is 10.2. The van der Waals surface area contributed by atoms with Crippen molar-refractivity contribution in [1.82, 2.24) is 20.4 Å². The van der Waals surface area contributed by atoms with Crippen molar-refractivity contribution >= 4 is 11.6 Å². The van der Waals surface area contributed by atoms with Gasteiger partial charge in [0.25, 0.3) is 0 Å². The van der Waals surface area contributed by atoms with E-state index in [0.29, 0.717) is 16.5 Å². The maximum Gasteiger partial charge on any atom is 0.163 e. The van der Waals surface area contributed by atoms with E-state index < -0.39 is 0 Å². The molecule has 1 aromatic carbocycles. The first-order chi connectivity index (χ1) is 9.78. The second-order valence-electron chi connectivity index (χ2n) is 4.09. The van der Waals surface area contributed by atoms with Gasteiger partial charge in [0.15, 0.2) is 5.69 Å². The molecule has 1 N–H and O–H groups in total. The molecular weight excluding hydrogens is 274 g/mol. The van der Waals surface area contributed by atoms with Gasteiger partial charge in [-0.1, -0.05) is 41.1 Å². The van der Waals surface area contributed by atoms with Crippen LogP contribution < -0.4 is 0 Å². The van der Waals surface area contributed by atoms with E-state index in [-0.39, 0.29) is 0 Å². The number of aromatic nitrogens is 4. The molecule has 0 aliphatic rings. The molecule has 20 heavy (non-hydrogen) atoms. The summed E-state index contributed by atoms with van der Waals surface area (Å²) in [5.41, 5.74) is 3.73. The summed E-state index contributed by atoms with van der Waals surface area (Å²) < 4.78 is 0. The Morgan fingerprint density at radius 3 is 2.50 bits per heavy atom. The quantitative estimate of drug-likeness (QED) is 0.732. The van der Waals surface area contributed by atoms with Gasteiger partial charge in [0.05, 0.1) is 0 Å². The average molecular weight is 282 g/mol. The Labute approximate surface area is 119 Å². The van der Waals surface area contributed by atoms with Crippen LogP contribution in [0.5, 0.6) is 0 Å². The molecule has 0 aliphatic carbocycles. The van der Waals surface area contributed by atoms with Gasteiger partial charge in [-0.05, 0) is 23.3 Å². The second kappa shape index (κ2) is 5.11. The van der Waals surface area contributed by atoms with Crippen molar-refractivity contribution in [3.8, 4) is 28.5 Å². The highest BCUT2D eigenvalue weighted by Gasteiger charge is 2.09. The van der Waals surface area contributed by atoms with Crippen LogP contribution in [0.4, 0.5) is 0 Å². The van der Waals surface area contributed by atoms with E-state index in [4.69, 9.17) is 16.9 Å². The van der Waals surface area contributed by atoms with E-state index in [1.54, 1.807) is 12.3 Å². The predicted octanol–water partition coefficient (Wildman–Crippen LogP) is 3.06. The summed E-state index contributed by atoms with van der Waals surface area (Å²) in [4.78, 5) is 3.95. The molecule has 0 radical (unpaired) electrons. The van der Waals surface area contributed by atoms with Gasteiger partial charge in [0.1, 0.15) is 16.9 Å². The van der Waals surface area contributed by atoms with Crippen molar-refractivity contribution in [3.63, 3.8) is 0 Å². The molecule has 0 aliphatic heterocycles. The molecule has 2 aromatic heterocycles. The number of H-pyrrole nitrogens is 1. The van der Waals surface area contributed by atoms with Crippen molar-refractivity contribution in [2.24, 2.45) is 0 Å². The summed E-state index contributed by atoms with van der Waals surface area (Å²) in [7, 11) is 0. The highest BCUT2D eigenvalue weighted by Crippen LogP contribution is 2.25. The number of hydrogen-bond donors (Lipinski definition) is 1. The summed E-state index contributed by atoms with van der Waals surface area (Å²) in [5.74, 6) is 0. The molecule has 0 saturated carbocycles. The van der Waals surface area contributed by atoms with E-state index in [0.717, 1.165) is 16.7 Å². The third-order valence-electron chi connectivity index (χ3n) is 2.88. The van der Waals surface area contributed by atoms with Gasteiger partial charge >= 0.3 is 0 Å². The topological polar surface area (TPSA) is 78.2 Å². The number of nitrogens with one attached hydrogen (secondary N) is 1. The lowest BCUT2D eigenvalue weighted by Crippen LogP contribution is -1.84. The summed E-state index contributed by atoms with van der Waals surface area (Å²) in [6, 6.07) is 13.4. The number of halogens is 1. The van der Waals surface area contributed by atoms with E-state index in [1.165, 1.54) is 0 Å². The van der Waals surface area contributed by atoms with Gasteiger partial charge in [-0.25, -0.2) is 10.1 Å². The summed E-state index contributed by atoms with van der Waals surface area (Å²) >= 11 is 5.88. The fourth-order valence-electron chi connectivity index (χ4n) is 1.91. The largest absolute Gasteiger partial charge is 0.247 e. The van der Waals surface area contributed by atoms with Crippen LogP contribution in [0.3, 0.4) is 0 Å². The van der Waals surface area contributed by atoms with E-state index in [1.807, 2.05) is 36.4 Å². The van der Waals surface area contributed by atoms with Crippen molar-refractivity contribution in [2.45, 2.75) is 0 Å². The minimum absolute atomic E-state index is 0.352. The van der Waals surface area contributed by atoms with E-state index in [9.17, 15) is 0 Å². The standard InChI is InChI=1S/C14H8ClN5/c15-13-7-11(5-6-17-13)9-1-3-10(4-2-9)14-12(8-16)18-20-19-14/h1-7H,(H,18,19,20). The van der Waals surface area contributed by atoms with Gasteiger partial charge in [-0.2, -0.15) is 5.26 Å². The number of hydrogen-bond acceptors (Lipinski definition) is 4. The highest BCUT2D eigenvalue weighted by molar-refractivity contribution is 6.29. The summed E-state index contributed by atoms with van der Waals surface area (Å²) in [6.45, 7) is 0. The minimum atomic E-state index is 0.352.